The molecule has 640 valence electrons. The van der Waals surface area contributed by atoms with E-state index in [4.69, 9.17) is 0 Å². The Labute approximate surface area is 675 Å². The van der Waals surface area contributed by atoms with Crippen LogP contribution in [0.4, 0.5) is 0 Å². The van der Waals surface area contributed by atoms with Crippen LogP contribution in [0.1, 0.15) is 240 Å². The van der Waals surface area contributed by atoms with Crippen LogP contribution in [0, 0.1) is 63.1 Å². The van der Waals surface area contributed by atoms with Crippen molar-refractivity contribution in [2.75, 3.05) is 28.2 Å². The zero-order chi connectivity index (χ0) is 88.5. The second-order valence-corrected chi connectivity index (χ2v) is 52.8. The Bertz CT molecular complexity index is 2790. The molecule has 21 heteroatoms. The van der Waals surface area contributed by atoms with Gasteiger partial charge in [0.05, 0.1) is 34.5 Å². The molecular weight excluding hydrogens is 1410 g/mol. The Balaban J connectivity index is -0.000000684. The molecule has 0 aliphatic heterocycles. The molecule has 0 aliphatic carbocycles. The predicted octanol–water partition coefficient (Wildman–Crippen LogP) is 16.5. The number of nitrogens with one attached hydrogen (secondary N) is 4. The average Bonchev–Trinajstić information content (AvgIpc) is 0.825. The summed E-state index contributed by atoms with van der Waals surface area (Å²) in [4.78, 5) is 110. The Kier molecular flexibility index (Phi) is 45.9. The van der Waals surface area contributed by atoms with Gasteiger partial charge in [0.1, 0.15) is 24.2 Å². The highest BCUT2D eigenvalue weighted by atomic mass is 28.3. The number of likely N-dealkylation sites (N-methyl/N-ethyl adjacent to an activating group) is 4. The second-order valence-electron chi connectivity index (χ2n) is 42.0. The third-order valence-electron chi connectivity index (χ3n) is 19.8. The zero-order valence-corrected chi connectivity index (χ0v) is 79.9. The zero-order valence-electron chi connectivity index (χ0n) is 77.9. The van der Waals surface area contributed by atoms with E-state index in [1.807, 2.05) is 197 Å². The van der Waals surface area contributed by atoms with Crippen molar-refractivity contribution in [1.29, 1.82) is 0 Å². The number of allylic oxidation sites excluding steroid dienone is 6. The van der Waals surface area contributed by atoms with E-state index in [1.54, 1.807) is 81.9 Å². The molecule has 0 saturated carbocycles. The number of hydrogen-bond donors (Lipinski definition) is 7. The van der Waals surface area contributed by atoms with Crippen LogP contribution in [0.2, 0.25) is 50.4 Å². The Hall–Kier alpha value is -5.49. The van der Waals surface area contributed by atoms with Gasteiger partial charge in [0.2, 0.25) is 47.3 Å². The number of carbonyl (C=O) groups excluding carboxylic acids is 8. The predicted molar refractivity (Wildman–Crippen MR) is 470 cm³/mol. The SMILES string of the molecule is C=C/C=C/C[C@@H](C)[C@@H](C)[C@@H](C(=O)NC(C)(C)C)N(C)C(=O)C(C)(C)C.C=C/C=C/C[C@@H](C)[C@@H](O)[C@@H](C(=O)NC(C)(C)C)N(C)C(=O)C(C)(C)C.C=C[C@@H]([C@H](O)C[C@@H](C)[C@@H](C)[C@@H](C(=O)NC(C)(C)C)N(C)C(=O)C(C)(C)C)[Si](C)(C)C.C=C[C@H]([C@@H](O)C[C@@H](C)[C@@H](C)[C@@H](C(=O)NC(C)(C)C)N(C)C(=O)C(C)(C)C)[Si](C)(C)C. The summed E-state index contributed by atoms with van der Waals surface area (Å²) in [6, 6.07) is -2.66. The molecule has 0 aliphatic rings. The van der Waals surface area contributed by atoms with Crippen LogP contribution in [-0.4, -0.2) is 191 Å². The van der Waals surface area contributed by atoms with Crippen molar-refractivity contribution in [2.45, 2.75) is 355 Å². The van der Waals surface area contributed by atoms with Crippen molar-refractivity contribution in [3.8, 4) is 0 Å². The molecule has 0 saturated heterocycles. The number of hydrogen-bond acceptors (Lipinski definition) is 11. The fourth-order valence-corrected chi connectivity index (χ4v) is 17.3. The lowest BCUT2D eigenvalue weighted by atomic mass is 9.82. The monoisotopic (exact) mass is 1580 g/mol. The van der Waals surface area contributed by atoms with Crippen molar-refractivity contribution in [3.63, 3.8) is 0 Å². The molecule has 0 aromatic rings. The summed E-state index contributed by atoms with van der Waals surface area (Å²) < 4.78 is 0. The normalized spacial score (nSPS) is 17.2. The second kappa shape index (κ2) is 45.6. The van der Waals surface area contributed by atoms with Crippen molar-refractivity contribution < 1.29 is 53.7 Å². The topological polar surface area (TPSA) is 258 Å². The van der Waals surface area contributed by atoms with Gasteiger partial charge in [-0.15, -0.1) is 13.2 Å². The Morgan fingerprint density at radius 2 is 0.545 bits per heavy atom. The largest absolute Gasteiger partial charge is 0.393 e. The van der Waals surface area contributed by atoms with E-state index in [1.165, 1.54) is 4.90 Å². The van der Waals surface area contributed by atoms with E-state index in [2.05, 4.69) is 114 Å². The highest BCUT2D eigenvalue weighted by Crippen LogP contribution is 2.37. The Morgan fingerprint density at radius 1 is 0.345 bits per heavy atom. The van der Waals surface area contributed by atoms with Gasteiger partial charge < -0.3 is 56.2 Å². The van der Waals surface area contributed by atoms with Crippen molar-refractivity contribution >= 4 is 63.4 Å². The molecule has 0 radical (unpaired) electrons. The molecule has 0 aromatic heterocycles. The summed E-state index contributed by atoms with van der Waals surface area (Å²) in [5.41, 5.74) is -3.73. The van der Waals surface area contributed by atoms with Gasteiger partial charge >= 0.3 is 0 Å². The van der Waals surface area contributed by atoms with E-state index in [0.717, 1.165) is 6.42 Å². The van der Waals surface area contributed by atoms with E-state index in [9.17, 15) is 53.7 Å². The molecule has 0 unspecified atom stereocenters. The summed E-state index contributed by atoms with van der Waals surface area (Å²) in [7, 11) is 3.54. The van der Waals surface area contributed by atoms with Crippen LogP contribution in [0.25, 0.3) is 0 Å². The maximum Gasteiger partial charge on any atom is 0.245 e. The molecule has 0 fully saturated rings. The quantitative estimate of drug-likeness (QED) is 0.0189. The maximum atomic E-state index is 13.2. The van der Waals surface area contributed by atoms with Crippen LogP contribution in [0.5, 0.6) is 0 Å². The summed E-state index contributed by atoms with van der Waals surface area (Å²) in [5.74, 6) is -1.16. The number of aliphatic hydroxyl groups excluding tert-OH is 3. The van der Waals surface area contributed by atoms with Gasteiger partial charge in [-0.3, -0.25) is 38.4 Å². The molecule has 7 N–H and O–H groups in total. The van der Waals surface area contributed by atoms with Crippen molar-refractivity contribution in [3.05, 3.63) is 74.9 Å². The number of rotatable bonds is 32. The van der Waals surface area contributed by atoms with Gasteiger partial charge in [-0.2, -0.15) is 0 Å². The highest BCUT2D eigenvalue weighted by Gasteiger charge is 2.45. The van der Waals surface area contributed by atoms with Crippen molar-refractivity contribution in [2.24, 2.45) is 63.1 Å². The fourth-order valence-electron chi connectivity index (χ4n) is 13.3. The van der Waals surface area contributed by atoms with Gasteiger partial charge in [-0.25, -0.2) is 0 Å². The first-order valence-corrected chi connectivity index (χ1v) is 47.3. The van der Waals surface area contributed by atoms with Gasteiger partial charge in [-0.1, -0.05) is 233 Å². The number of carbonyl (C=O) groups is 8. The number of amides is 8. The van der Waals surface area contributed by atoms with E-state index >= 15 is 0 Å². The molecule has 0 spiro atoms. The van der Waals surface area contributed by atoms with Crippen molar-refractivity contribution in [1.82, 2.24) is 40.9 Å². The van der Waals surface area contributed by atoms with Crippen LogP contribution in [0.3, 0.4) is 0 Å². The van der Waals surface area contributed by atoms with Gasteiger partial charge in [0.15, 0.2) is 0 Å². The standard InChI is InChI=1S/2C24H48N2O3Si.C21H38N2O2.C20H36N2O3/c2*1-14-19(30(11,12)13)18(27)15-16(2)17(3)20(21(28)25-24(7,8)9)26(10)22(29)23(4,5)6;1-11-12-13-14-15(2)16(3)17(18(24)22-21(7,8)9)23(10)19(25)20(4,5)6;1-10-11-12-13-14(2)16(23)15(17(24)21-20(6,7)8)22(9)18(25)19(3,4)5/h2*14,16-20,27H,1,15H2,2-13H3,(H,25,28);11-13,15-17H,1,14H2,2-10H3,(H,22,24);10-12,14-16,23H,1,13H2,2-9H3,(H,21,24)/b;;13-12+;12-11+/t16-,17-,18+,19-,20+;16-,17-,18-,19+,20+;15-,16-,17+;14-,15+,16-/m1111/s1. The molecule has 0 rings (SSSR count). The molecule has 16 atom stereocenters. The first kappa shape index (κ1) is 111. The minimum atomic E-state index is -1.61. The fraction of sp³-hybridized carbons (Fsp3) is 0.775. The lowest BCUT2D eigenvalue weighted by molar-refractivity contribution is -0.150. The number of nitrogens with zero attached hydrogens (tertiary/aromatic N) is 4. The van der Waals surface area contributed by atoms with Gasteiger partial charge in [-0.05, 0) is 161 Å². The third kappa shape index (κ3) is 41.0. The third-order valence-corrected chi connectivity index (χ3v) is 25.0. The molecule has 0 bridgehead atoms. The van der Waals surface area contributed by atoms with Crippen LogP contribution in [0.15, 0.2) is 74.9 Å². The van der Waals surface area contributed by atoms with Gasteiger partial charge in [0, 0.05) is 72.0 Å². The molecule has 8 amide bonds. The lowest BCUT2D eigenvalue weighted by Gasteiger charge is -2.40. The van der Waals surface area contributed by atoms with Crippen LogP contribution >= 0.6 is 0 Å². The lowest BCUT2D eigenvalue weighted by Crippen LogP contribution is -2.59. The average molecular weight is 1580 g/mol. The Morgan fingerprint density at radius 3 is 0.736 bits per heavy atom. The highest BCUT2D eigenvalue weighted by molar-refractivity contribution is 6.78. The first-order valence-electron chi connectivity index (χ1n) is 40.1. The maximum absolute atomic E-state index is 13.2. The summed E-state index contributed by atoms with van der Waals surface area (Å²) in [6.07, 6.45) is 15.4. The van der Waals surface area contributed by atoms with E-state index in [-0.39, 0.29) is 105 Å². The molecule has 0 heterocycles. The number of aliphatic hydroxyl groups is 3. The van der Waals surface area contributed by atoms with Gasteiger partial charge in [0.25, 0.3) is 0 Å². The molecule has 110 heavy (non-hydrogen) atoms. The molecule has 19 nitrogen and oxygen atoms in total. The summed E-state index contributed by atoms with van der Waals surface area (Å²) in [6.45, 7) is 88.1. The minimum Gasteiger partial charge on any atom is -0.393 e. The van der Waals surface area contributed by atoms with E-state index < -0.39 is 96.9 Å². The molecular formula is C89H170N8O11Si2. The first-order chi connectivity index (χ1) is 48.9. The summed E-state index contributed by atoms with van der Waals surface area (Å²) >= 11 is 0. The van der Waals surface area contributed by atoms with Crippen LogP contribution < -0.4 is 21.3 Å². The summed E-state index contributed by atoms with van der Waals surface area (Å²) in [5, 5.41) is 44.7. The van der Waals surface area contributed by atoms with E-state index in [0.29, 0.717) is 19.3 Å². The van der Waals surface area contributed by atoms with Crippen LogP contribution in [-0.2, 0) is 38.4 Å². The minimum absolute atomic E-state index is 0.0214. The smallest absolute Gasteiger partial charge is 0.245 e. The molecule has 0 aromatic carbocycles.